The molecule has 0 amide bonds. The quantitative estimate of drug-likeness (QED) is 0.560. The molecule has 0 aliphatic heterocycles. The van der Waals surface area contributed by atoms with E-state index in [4.69, 9.17) is 0 Å². The fraction of sp³-hybridized carbons (Fsp3) is 0. The van der Waals surface area contributed by atoms with Crippen molar-refractivity contribution in [1.82, 2.24) is 0 Å². The van der Waals surface area contributed by atoms with E-state index in [-0.39, 0.29) is 37.5 Å². The van der Waals surface area contributed by atoms with Crippen LogP contribution in [0.1, 0.15) is 34.7 Å². The Labute approximate surface area is 118 Å². The van der Waals surface area contributed by atoms with Crippen LogP contribution in [0.4, 0.5) is 0 Å². The molecular formula is C14H10MgO2. The molecule has 0 fully saturated rings. The van der Waals surface area contributed by atoms with Gasteiger partial charge in [-0.1, -0.05) is 48.5 Å². The van der Waals surface area contributed by atoms with Crippen LogP contribution in [0.2, 0.25) is 0 Å². The smallest absolute Gasteiger partial charge is 1.00 e. The Kier molecular flexibility index (Phi) is 3.13. The van der Waals surface area contributed by atoms with Crippen LogP contribution in [0, 0.1) is 0 Å². The molecule has 0 saturated carbocycles. The Hall–Kier alpha value is -1.45. The number of fused-ring (bicyclic) bond motifs is 2. The summed E-state index contributed by atoms with van der Waals surface area (Å²) >= 11 is 0. The van der Waals surface area contributed by atoms with Crippen molar-refractivity contribution in [2.75, 3.05) is 0 Å². The van der Waals surface area contributed by atoms with E-state index in [0.29, 0.717) is 22.3 Å². The van der Waals surface area contributed by atoms with E-state index in [1.54, 1.807) is 48.5 Å². The second-order valence-electron chi connectivity index (χ2n) is 3.75. The van der Waals surface area contributed by atoms with Gasteiger partial charge < -0.3 is 2.85 Å². The molecule has 0 radical (unpaired) electrons. The van der Waals surface area contributed by atoms with Crippen molar-refractivity contribution in [2.45, 2.75) is 0 Å². The van der Waals surface area contributed by atoms with E-state index in [1.807, 2.05) is 0 Å². The van der Waals surface area contributed by atoms with Crippen LogP contribution < -0.4 is 0 Å². The summed E-state index contributed by atoms with van der Waals surface area (Å²) in [7, 11) is 0. The summed E-state index contributed by atoms with van der Waals surface area (Å²) in [4.78, 5) is 24.2. The van der Waals surface area contributed by atoms with Gasteiger partial charge in [-0.15, -0.1) is 0 Å². The van der Waals surface area contributed by atoms with E-state index in [2.05, 4.69) is 0 Å². The van der Waals surface area contributed by atoms with E-state index < -0.39 is 0 Å². The third-order valence-corrected chi connectivity index (χ3v) is 2.83. The molecule has 0 bridgehead atoms. The zero-order valence-electron chi connectivity index (χ0n) is 11.1. The van der Waals surface area contributed by atoms with Gasteiger partial charge in [0.05, 0.1) is 0 Å². The summed E-state index contributed by atoms with van der Waals surface area (Å²) in [5.74, 6) is -0.128. The van der Waals surface area contributed by atoms with Crippen molar-refractivity contribution >= 4 is 34.6 Å². The largest absolute Gasteiger partial charge is 2.00 e. The first-order valence-electron chi connectivity index (χ1n) is 5.06. The fourth-order valence-corrected chi connectivity index (χ4v) is 2.05. The summed E-state index contributed by atoms with van der Waals surface area (Å²) in [6.07, 6.45) is 0. The summed E-state index contributed by atoms with van der Waals surface area (Å²) < 4.78 is 0. The molecular weight excluding hydrogens is 224 g/mol. The monoisotopic (exact) mass is 234 g/mol. The summed E-state index contributed by atoms with van der Waals surface area (Å²) in [5, 5.41) is 0. The molecule has 0 N–H and O–H groups in total. The first-order chi connectivity index (χ1) is 7.79. The second kappa shape index (κ2) is 4.43. The van der Waals surface area contributed by atoms with Gasteiger partial charge in [-0.05, 0) is 0 Å². The average molecular weight is 235 g/mol. The Morgan fingerprint density at radius 3 is 1.06 bits per heavy atom. The zero-order chi connectivity index (χ0) is 11.1. The Morgan fingerprint density at radius 2 is 0.824 bits per heavy atom. The molecule has 2 aromatic rings. The molecule has 0 atom stereocenters. The molecule has 3 heteroatoms. The topological polar surface area (TPSA) is 34.1 Å². The molecule has 1 aliphatic carbocycles. The zero-order valence-corrected chi connectivity index (χ0v) is 10.6. The van der Waals surface area contributed by atoms with Crippen molar-refractivity contribution in [3.8, 4) is 0 Å². The number of benzene rings is 2. The van der Waals surface area contributed by atoms with Crippen LogP contribution in [0.5, 0.6) is 0 Å². The standard InChI is InChI=1S/C14H8O2.Mg.2H/c15-13-9-5-1-2-6-10(9)14(16)12-8-4-3-7-11(12)13;;;/h1-8H;;;/q;+2;2*-1. The van der Waals surface area contributed by atoms with Crippen molar-refractivity contribution in [1.29, 1.82) is 0 Å². The third-order valence-electron chi connectivity index (χ3n) is 2.83. The maximum atomic E-state index is 12.1. The molecule has 0 heterocycles. The van der Waals surface area contributed by atoms with Crippen LogP contribution in [0.3, 0.4) is 0 Å². The molecule has 2 aromatic carbocycles. The van der Waals surface area contributed by atoms with Crippen LogP contribution in [-0.2, 0) is 0 Å². The number of hydrogen-bond acceptors (Lipinski definition) is 2. The summed E-state index contributed by atoms with van der Waals surface area (Å²) in [6, 6.07) is 13.9. The van der Waals surface area contributed by atoms with Crippen LogP contribution >= 0.6 is 0 Å². The predicted octanol–water partition coefficient (Wildman–Crippen LogP) is 2.31. The maximum Gasteiger partial charge on any atom is 2.00 e. The normalized spacial score (nSPS) is 12.5. The molecule has 2 nitrogen and oxygen atoms in total. The number of carbonyl (C=O) groups is 2. The molecule has 17 heavy (non-hydrogen) atoms. The third kappa shape index (κ3) is 1.71. The van der Waals surface area contributed by atoms with Crippen molar-refractivity contribution < 1.29 is 12.4 Å². The summed E-state index contributed by atoms with van der Waals surface area (Å²) in [5.41, 5.74) is 2.02. The Balaban J connectivity index is 0.00000108. The van der Waals surface area contributed by atoms with Crippen LogP contribution in [0.15, 0.2) is 48.5 Å². The molecule has 80 valence electrons. The number of hydrogen-bond donors (Lipinski definition) is 0. The molecule has 0 saturated heterocycles. The van der Waals surface area contributed by atoms with Gasteiger partial charge in [-0.3, -0.25) is 9.59 Å². The first-order valence-corrected chi connectivity index (χ1v) is 5.06. The number of carbonyl (C=O) groups excluding carboxylic acids is 2. The van der Waals surface area contributed by atoms with E-state index in [0.717, 1.165) is 0 Å². The molecule has 3 rings (SSSR count). The SMILES string of the molecule is O=C1c2ccccc2C(=O)c2ccccc21.[H-].[H-].[Mg+2]. The van der Waals surface area contributed by atoms with Gasteiger partial charge >= 0.3 is 23.1 Å². The minimum absolute atomic E-state index is 0. The summed E-state index contributed by atoms with van der Waals surface area (Å²) in [6.45, 7) is 0. The van der Waals surface area contributed by atoms with Gasteiger partial charge in [-0.25, -0.2) is 0 Å². The minimum Gasteiger partial charge on any atom is -1.00 e. The molecule has 0 unspecified atom stereocenters. The average Bonchev–Trinajstić information content (AvgIpc) is 2.36. The van der Waals surface area contributed by atoms with Crippen LogP contribution in [-0.4, -0.2) is 34.6 Å². The van der Waals surface area contributed by atoms with Crippen molar-refractivity contribution in [3.63, 3.8) is 0 Å². The van der Waals surface area contributed by atoms with Crippen molar-refractivity contribution in [2.24, 2.45) is 0 Å². The Morgan fingerprint density at radius 1 is 0.588 bits per heavy atom. The van der Waals surface area contributed by atoms with Crippen molar-refractivity contribution in [3.05, 3.63) is 70.8 Å². The van der Waals surface area contributed by atoms with Gasteiger partial charge in [0.1, 0.15) is 0 Å². The van der Waals surface area contributed by atoms with Gasteiger partial charge in [0.2, 0.25) is 0 Å². The van der Waals surface area contributed by atoms with Gasteiger partial charge in [0.15, 0.2) is 11.6 Å². The first kappa shape index (κ1) is 12.0. The van der Waals surface area contributed by atoms with Gasteiger partial charge in [0.25, 0.3) is 0 Å². The fourth-order valence-electron chi connectivity index (χ4n) is 2.05. The number of rotatable bonds is 0. The predicted molar refractivity (Wildman–Crippen MR) is 67.7 cm³/mol. The van der Waals surface area contributed by atoms with Gasteiger partial charge in [-0.2, -0.15) is 0 Å². The maximum absolute atomic E-state index is 12.1. The van der Waals surface area contributed by atoms with E-state index >= 15 is 0 Å². The Bertz CT molecular complexity index is 521. The van der Waals surface area contributed by atoms with Gasteiger partial charge in [0, 0.05) is 22.3 Å². The molecule has 1 aliphatic rings. The minimum atomic E-state index is -0.0641. The number of ketones is 2. The molecule has 0 aromatic heterocycles. The van der Waals surface area contributed by atoms with E-state index in [9.17, 15) is 9.59 Å². The molecule has 0 spiro atoms. The van der Waals surface area contributed by atoms with E-state index in [1.165, 1.54) is 0 Å². The second-order valence-corrected chi connectivity index (χ2v) is 3.75. The van der Waals surface area contributed by atoms with Crippen LogP contribution in [0.25, 0.3) is 0 Å².